The monoisotopic (exact) mass is 372 g/mol. The van der Waals surface area contributed by atoms with Gasteiger partial charge >= 0.3 is 0 Å². The lowest BCUT2D eigenvalue weighted by molar-refractivity contribution is 0.476. The van der Waals surface area contributed by atoms with Crippen LogP contribution in [0.15, 0.2) is 17.4 Å². The minimum Gasteiger partial charge on any atom is -0.357 e. The first-order valence-electron chi connectivity index (χ1n) is 10.0. The Morgan fingerprint density at radius 1 is 1.30 bits per heavy atom. The van der Waals surface area contributed by atoms with E-state index in [9.17, 15) is 0 Å². The van der Waals surface area contributed by atoms with Crippen LogP contribution in [0.25, 0.3) is 0 Å². The van der Waals surface area contributed by atoms with Crippen LogP contribution >= 0.6 is 0 Å². The number of aryl methyl sites for hydroxylation is 3. The number of hydrogen-bond acceptors (Lipinski definition) is 4. The van der Waals surface area contributed by atoms with E-state index in [1.54, 1.807) is 0 Å². The molecule has 0 saturated heterocycles. The zero-order chi connectivity index (χ0) is 19.1. The highest BCUT2D eigenvalue weighted by Crippen LogP contribution is 2.15. The van der Waals surface area contributed by atoms with Gasteiger partial charge in [0.2, 0.25) is 0 Å². The van der Waals surface area contributed by atoms with Crippen LogP contribution in [-0.2, 0) is 33.0 Å². The molecule has 3 heterocycles. The molecular weight excluding hydrogens is 340 g/mol. The summed E-state index contributed by atoms with van der Waals surface area (Å²) >= 11 is 0. The quantitative estimate of drug-likeness (QED) is 0.455. The van der Waals surface area contributed by atoms with Crippen molar-refractivity contribution in [2.45, 2.75) is 58.5 Å². The molecule has 0 aromatic carbocycles. The lowest BCUT2D eigenvalue weighted by Gasteiger charge is -2.21. The Bertz CT molecular complexity index is 745. The van der Waals surface area contributed by atoms with Gasteiger partial charge in [0.1, 0.15) is 11.6 Å². The Kier molecular flexibility index (Phi) is 6.84. The summed E-state index contributed by atoms with van der Waals surface area (Å²) in [5.74, 6) is 3.22. The number of hydrogen-bond donors (Lipinski definition) is 1. The molecule has 148 valence electrons. The van der Waals surface area contributed by atoms with Crippen molar-refractivity contribution in [3.63, 3.8) is 0 Å². The predicted octanol–water partition coefficient (Wildman–Crippen LogP) is 1.77. The van der Waals surface area contributed by atoms with E-state index in [1.807, 2.05) is 24.1 Å². The van der Waals surface area contributed by atoms with Crippen LogP contribution in [-0.4, -0.2) is 55.5 Å². The maximum absolute atomic E-state index is 4.79. The van der Waals surface area contributed by atoms with E-state index in [4.69, 9.17) is 4.99 Å². The largest absolute Gasteiger partial charge is 0.357 e. The molecule has 0 bridgehead atoms. The number of aromatic nitrogens is 5. The normalized spacial score (nSPS) is 14.7. The molecule has 8 heteroatoms. The highest BCUT2D eigenvalue weighted by Gasteiger charge is 2.14. The number of rotatable bonds is 7. The zero-order valence-corrected chi connectivity index (χ0v) is 16.9. The van der Waals surface area contributed by atoms with Gasteiger partial charge in [0, 0.05) is 64.9 Å². The van der Waals surface area contributed by atoms with Crippen LogP contribution in [0.5, 0.6) is 0 Å². The SMILES string of the molecule is CCNC(=NCCCc1nnc2n1CCCCC2)N(C)Cc1cnn(C)c1. The van der Waals surface area contributed by atoms with Crippen LogP contribution in [0, 0.1) is 0 Å². The maximum Gasteiger partial charge on any atom is 0.193 e. The standard InChI is InChI=1S/C19H32N8/c1-4-20-19(25(2)14-16-13-22-26(3)15-16)21-11-8-10-18-24-23-17-9-6-5-7-12-27(17)18/h13,15H,4-12,14H2,1-3H3,(H,20,21). The molecule has 1 N–H and O–H groups in total. The van der Waals surface area contributed by atoms with Gasteiger partial charge in [-0.3, -0.25) is 9.67 Å². The molecule has 0 spiro atoms. The molecule has 8 nitrogen and oxygen atoms in total. The zero-order valence-electron chi connectivity index (χ0n) is 16.9. The van der Waals surface area contributed by atoms with Crippen LogP contribution < -0.4 is 5.32 Å². The van der Waals surface area contributed by atoms with Crippen molar-refractivity contribution in [2.24, 2.45) is 12.0 Å². The lowest BCUT2D eigenvalue weighted by Crippen LogP contribution is -2.38. The van der Waals surface area contributed by atoms with Crippen molar-refractivity contribution in [2.75, 3.05) is 20.1 Å². The van der Waals surface area contributed by atoms with Crippen molar-refractivity contribution in [1.82, 2.24) is 34.8 Å². The highest BCUT2D eigenvalue weighted by atomic mass is 15.3. The Morgan fingerprint density at radius 3 is 2.96 bits per heavy atom. The summed E-state index contributed by atoms with van der Waals surface area (Å²) in [5, 5.41) is 16.4. The molecule has 2 aromatic rings. The van der Waals surface area contributed by atoms with E-state index < -0.39 is 0 Å². The summed E-state index contributed by atoms with van der Waals surface area (Å²) < 4.78 is 4.16. The molecule has 0 unspecified atom stereocenters. The average Bonchev–Trinajstić information content (AvgIpc) is 3.15. The van der Waals surface area contributed by atoms with E-state index >= 15 is 0 Å². The highest BCUT2D eigenvalue weighted by molar-refractivity contribution is 5.79. The van der Waals surface area contributed by atoms with Crippen LogP contribution in [0.2, 0.25) is 0 Å². The van der Waals surface area contributed by atoms with Crippen LogP contribution in [0.1, 0.15) is 49.8 Å². The van der Waals surface area contributed by atoms with Gasteiger partial charge in [0.15, 0.2) is 5.96 Å². The van der Waals surface area contributed by atoms with E-state index in [-0.39, 0.29) is 0 Å². The van der Waals surface area contributed by atoms with Crippen molar-refractivity contribution < 1.29 is 0 Å². The van der Waals surface area contributed by atoms with Gasteiger partial charge in [0.25, 0.3) is 0 Å². The van der Waals surface area contributed by atoms with Gasteiger partial charge in [-0.2, -0.15) is 5.10 Å². The maximum atomic E-state index is 4.79. The fourth-order valence-electron chi connectivity index (χ4n) is 3.52. The van der Waals surface area contributed by atoms with Gasteiger partial charge in [-0.25, -0.2) is 0 Å². The van der Waals surface area contributed by atoms with Crippen molar-refractivity contribution in [3.8, 4) is 0 Å². The predicted molar refractivity (Wildman–Crippen MR) is 107 cm³/mol. The van der Waals surface area contributed by atoms with E-state index in [1.165, 1.54) is 24.8 Å². The van der Waals surface area contributed by atoms with Crippen LogP contribution in [0.3, 0.4) is 0 Å². The number of guanidine groups is 1. The Hall–Kier alpha value is -2.38. The third-order valence-electron chi connectivity index (χ3n) is 4.88. The van der Waals surface area contributed by atoms with E-state index in [0.29, 0.717) is 0 Å². The third kappa shape index (κ3) is 5.30. The summed E-state index contributed by atoms with van der Waals surface area (Å²) in [7, 11) is 4.00. The van der Waals surface area contributed by atoms with E-state index in [2.05, 4.69) is 44.1 Å². The fraction of sp³-hybridized carbons (Fsp3) is 0.684. The lowest BCUT2D eigenvalue weighted by atomic mass is 10.2. The molecule has 1 aliphatic rings. The first-order valence-corrected chi connectivity index (χ1v) is 10.0. The first kappa shape index (κ1) is 19.4. The summed E-state index contributed by atoms with van der Waals surface area (Å²) in [5.41, 5.74) is 1.18. The molecule has 0 fully saturated rings. The fourth-order valence-corrected chi connectivity index (χ4v) is 3.52. The van der Waals surface area contributed by atoms with Crippen molar-refractivity contribution in [3.05, 3.63) is 29.6 Å². The molecule has 0 radical (unpaired) electrons. The minimum absolute atomic E-state index is 0.780. The van der Waals surface area contributed by atoms with Gasteiger partial charge in [-0.15, -0.1) is 10.2 Å². The molecule has 0 saturated carbocycles. The number of nitrogens with one attached hydrogen (secondary N) is 1. The number of nitrogens with zero attached hydrogens (tertiary/aromatic N) is 7. The first-order chi connectivity index (χ1) is 13.2. The molecule has 27 heavy (non-hydrogen) atoms. The van der Waals surface area contributed by atoms with Gasteiger partial charge in [-0.1, -0.05) is 6.42 Å². The van der Waals surface area contributed by atoms with Crippen molar-refractivity contribution >= 4 is 5.96 Å². The molecule has 0 aliphatic carbocycles. The summed E-state index contributed by atoms with van der Waals surface area (Å²) in [6, 6.07) is 0. The van der Waals surface area contributed by atoms with Gasteiger partial charge < -0.3 is 14.8 Å². The van der Waals surface area contributed by atoms with Gasteiger partial charge in [0.05, 0.1) is 6.20 Å². The number of fused-ring (bicyclic) bond motifs is 1. The Morgan fingerprint density at radius 2 is 2.19 bits per heavy atom. The third-order valence-corrected chi connectivity index (χ3v) is 4.88. The smallest absolute Gasteiger partial charge is 0.193 e. The molecule has 1 aliphatic heterocycles. The Balaban J connectivity index is 1.53. The summed E-state index contributed by atoms with van der Waals surface area (Å²) in [6.45, 7) is 5.59. The second-order valence-electron chi connectivity index (χ2n) is 7.21. The van der Waals surface area contributed by atoms with Gasteiger partial charge in [-0.05, 0) is 26.2 Å². The second-order valence-corrected chi connectivity index (χ2v) is 7.21. The summed E-state index contributed by atoms with van der Waals surface area (Å²) in [4.78, 5) is 6.94. The average molecular weight is 373 g/mol. The van der Waals surface area contributed by atoms with E-state index in [0.717, 1.165) is 63.0 Å². The molecule has 0 atom stereocenters. The minimum atomic E-state index is 0.780. The molecular formula is C19H32N8. The van der Waals surface area contributed by atoms with Crippen molar-refractivity contribution in [1.29, 1.82) is 0 Å². The number of aliphatic imine (C=N–C) groups is 1. The molecule has 2 aromatic heterocycles. The summed E-state index contributed by atoms with van der Waals surface area (Å²) in [6.07, 6.45) is 10.7. The molecule has 0 amide bonds. The topological polar surface area (TPSA) is 76.2 Å². The Labute approximate surface area is 161 Å². The van der Waals surface area contributed by atoms with Crippen LogP contribution in [0.4, 0.5) is 0 Å². The second kappa shape index (κ2) is 9.53. The molecule has 3 rings (SSSR count).